The minimum atomic E-state index is -1.42. The van der Waals surface area contributed by atoms with E-state index >= 15 is 0 Å². The number of benzene rings is 2. The van der Waals surface area contributed by atoms with Crippen LogP contribution in [0.4, 0.5) is 13.2 Å². The molecule has 2 aliphatic rings. The van der Waals surface area contributed by atoms with Gasteiger partial charge >= 0.3 is 0 Å². The molecule has 0 bridgehead atoms. The van der Waals surface area contributed by atoms with Crippen molar-refractivity contribution in [3.63, 3.8) is 0 Å². The Balaban J connectivity index is 1.32. The van der Waals surface area contributed by atoms with E-state index in [0.717, 1.165) is 36.3 Å². The Labute approximate surface area is 184 Å². The number of halogens is 3. The summed E-state index contributed by atoms with van der Waals surface area (Å²) in [5.74, 6) is -0.729. The normalized spacial score (nSPS) is 27.8. The SMILES string of the molecule is CCC(N)C1CCC(C2CCC(c3ccc(-c4cc(F)c(F)c(F)c4)cc3)CC2)CC1. The van der Waals surface area contributed by atoms with E-state index in [2.05, 4.69) is 19.1 Å². The zero-order valence-electron chi connectivity index (χ0n) is 18.4. The van der Waals surface area contributed by atoms with Gasteiger partial charge in [0.25, 0.3) is 0 Å². The minimum Gasteiger partial charge on any atom is -0.327 e. The summed E-state index contributed by atoms with van der Waals surface area (Å²) in [6.07, 6.45) is 11.4. The van der Waals surface area contributed by atoms with Gasteiger partial charge in [0.1, 0.15) is 0 Å². The quantitative estimate of drug-likeness (QED) is 0.487. The third-order valence-electron chi connectivity index (χ3n) is 8.03. The zero-order valence-corrected chi connectivity index (χ0v) is 18.4. The molecule has 0 radical (unpaired) electrons. The van der Waals surface area contributed by atoms with E-state index in [0.29, 0.717) is 23.1 Å². The van der Waals surface area contributed by atoms with Crippen molar-refractivity contribution in [2.75, 3.05) is 0 Å². The Morgan fingerprint density at radius 2 is 1.29 bits per heavy atom. The number of hydrogen-bond acceptors (Lipinski definition) is 1. The Kier molecular flexibility index (Phi) is 7.05. The topological polar surface area (TPSA) is 26.0 Å². The molecule has 1 atom stereocenters. The summed E-state index contributed by atoms with van der Waals surface area (Å²) >= 11 is 0. The van der Waals surface area contributed by atoms with Crippen molar-refractivity contribution in [3.8, 4) is 11.1 Å². The van der Waals surface area contributed by atoms with Gasteiger partial charge in [-0.15, -0.1) is 0 Å². The van der Waals surface area contributed by atoms with Crippen molar-refractivity contribution in [1.29, 1.82) is 0 Å². The molecule has 4 heteroatoms. The number of nitrogens with two attached hydrogens (primary N) is 1. The zero-order chi connectivity index (χ0) is 22.0. The van der Waals surface area contributed by atoms with E-state index in [1.54, 1.807) is 0 Å². The van der Waals surface area contributed by atoms with E-state index in [4.69, 9.17) is 5.73 Å². The van der Waals surface area contributed by atoms with Gasteiger partial charge < -0.3 is 5.73 Å². The summed E-state index contributed by atoms with van der Waals surface area (Å²) in [6, 6.07) is 10.4. The molecule has 1 nitrogen and oxygen atoms in total. The molecule has 0 amide bonds. The van der Waals surface area contributed by atoms with Gasteiger partial charge in [0.15, 0.2) is 17.5 Å². The summed E-state index contributed by atoms with van der Waals surface area (Å²) in [5, 5.41) is 0. The first-order valence-electron chi connectivity index (χ1n) is 12.0. The third kappa shape index (κ3) is 5.00. The lowest BCUT2D eigenvalue weighted by Crippen LogP contribution is -2.34. The molecule has 0 aliphatic heterocycles. The van der Waals surface area contributed by atoms with Crippen LogP contribution in [0, 0.1) is 35.2 Å². The molecule has 2 saturated carbocycles. The van der Waals surface area contributed by atoms with Crippen LogP contribution >= 0.6 is 0 Å². The molecule has 2 N–H and O–H groups in total. The molecule has 0 aromatic heterocycles. The maximum Gasteiger partial charge on any atom is 0.194 e. The maximum atomic E-state index is 13.5. The largest absolute Gasteiger partial charge is 0.327 e. The summed E-state index contributed by atoms with van der Waals surface area (Å²) < 4.78 is 40.3. The van der Waals surface area contributed by atoms with E-state index < -0.39 is 17.5 Å². The van der Waals surface area contributed by atoms with E-state index in [-0.39, 0.29) is 0 Å². The molecule has 31 heavy (non-hydrogen) atoms. The van der Waals surface area contributed by atoms with Crippen LogP contribution in [0.3, 0.4) is 0 Å². The third-order valence-corrected chi connectivity index (χ3v) is 8.03. The molecular formula is C27H34F3N. The van der Waals surface area contributed by atoms with Crippen LogP contribution in [0.15, 0.2) is 36.4 Å². The van der Waals surface area contributed by atoms with Crippen molar-refractivity contribution in [2.24, 2.45) is 23.5 Å². The predicted octanol–water partition coefficient (Wildman–Crippen LogP) is 7.59. The molecule has 4 rings (SSSR count). The first-order chi connectivity index (χ1) is 15.0. The lowest BCUT2D eigenvalue weighted by atomic mass is 9.67. The molecule has 168 valence electrons. The minimum absolute atomic E-state index is 0.366. The van der Waals surface area contributed by atoms with Crippen LogP contribution in [-0.2, 0) is 0 Å². The molecule has 0 heterocycles. The van der Waals surface area contributed by atoms with Gasteiger partial charge in [-0.3, -0.25) is 0 Å². The second-order valence-electron chi connectivity index (χ2n) is 9.73. The van der Waals surface area contributed by atoms with Crippen LogP contribution in [-0.4, -0.2) is 6.04 Å². The smallest absolute Gasteiger partial charge is 0.194 e. The van der Waals surface area contributed by atoms with Crippen LogP contribution in [0.25, 0.3) is 11.1 Å². The van der Waals surface area contributed by atoms with Gasteiger partial charge in [0.05, 0.1) is 0 Å². The Morgan fingerprint density at radius 3 is 1.81 bits per heavy atom. The lowest BCUT2D eigenvalue weighted by Gasteiger charge is -2.39. The second-order valence-corrected chi connectivity index (χ2v) is 9.73. The summed E-state index contributed by atoms with van der Waals surface area (Å²) in [6.45, 7) is 2.20. The summed E-state index contributed by atoms with van der Waals surface area (Å²) in [5.41, 5.74) is 8.64. The Morgan fingerprint density at radius 1 is 0.774 bits per heavy atom. The molecule has 2 aromatic carbocycles. The van der Waals surface area contributed by atoms with Gasteiger partial charge in [-0.05, 0) is 110 Å². The second kappa shape index (κ2) is 9.77. The highest BCUT2D eigenvalue weighted by Gasteiger charge is 2.32. The molecule has 1 unspecified atom stereocenters. The Bertz CT molecular complexity index is 840. The summed E-state index contributed by atoms with van der Waals surface area (Å²) in [7, 11) is 0. The van der Waals surface area contributed by atoms with Crippen molar-refractivity contribution >= 4 is 0 Å². The van der Waals surface area contributed by atoms with Crippen molar-refractivity contribution in [2.45, 2.75) is 76.7 Å². The number of rotatable bonds is 5. The van der Waals surface area contributed by atoms with Crippen LogP contribution < -0.4 is 5.73 Å². The van der Waals surface area contributed by atoms with E-state index in [9.17, 15) is 13.2 Å². The van der Waals surface area contributed by atoms with Crippen LogP contribution in [0.1, 0.15) is 76.2 Å². The van der Waals surface area contributed by atoms with Gasteiger partial charge in [0.2, 0.25) is 0 Å². The first-order valence-corrected chi connectivity index (χ1v) is 12.0. The Hall–Kier alpha value is -1.81. The lowest BCUT2D eigenvalue weighted by molar-refractivity contribution is 0.149. The highest BCUT2D eigenvalue weighted by molar-refractivity contribution is 5.64. The highest BCUT2D eigenvalue weighted by Crippen LogP contribution is 2.44. The van der Waals surface area contributed by atoms with Crippen LogP contribution in [0.5, 0.6) is 0 Å². The fraction of sp³-hybridized carbons (Fsp3) is 0.556. The van der Waals surface area contributed by atoms with Crippen LogP contribution in [0.2, 0.25) is 0 Å². The van der Waals surface area contributed by atoms with Crippen molar-refractivity contribution in [1.82, 2.24) is 0 Å². The van der Waals surface area contributed by atoms with Crippen molar-refractivity contribution < 1.29 is 13.2 Å². The maximum absolute atomic E-state index is 13.5. The molecule has 2 fully saturated rings. The average Bonchev–Trinajstić information content (AvgIpc) is 2.82. The van der Waals surface area contributed by atoms with Crippen molar-refractivity contribution in [3.05, 3.63) is 59.4 Å². The molecule has 0 spiro atoms. The van der Waals surface area contributed by atoms with Gasteiger partial charge in [-0.25, -0.2) is 13.2 Å². The molecule has 0 saturated heterocycles. The predicted molar refractivity (Wildman–Crippen MR) is 120 cm³/mol. The van der Waals surface area contributed by atoms with Gasteiger partial charge in [-0.2, -0.15) is 0 Å². The summed E-state index contributed by atoms with van der Waals surface area (Å²) in [4.78, 5) is 0. The number of hydrogen-bond donors (Lipinski definition) is 1. The monoisotopic (exact) mass is 429 g/mol. The standard InChI is InChI=1S/C27H34F3N/c1-2-26(31)22-13-11-20(12-14-22)18-5-3-17(4-6-18)19-7-9-21(10-8-19)23-15-24(28)27(30)25(29)16-23/h7-10,15-18,20,22,26H,2-6,11-14,31H2,1H3. The van der Waals surface area contributed by atoms with Gasteiger partial charge in [-0.1, -0.05) is 31.2 Å². The highest BCUT2D eigenvalue weighted by atomic mass is 19.2. The molecule has 2 aromatic rings. The van der Waals surface area contributed by atoms with E-state index in [1.807, 2.05) is 12.1 Å². The molecular weight excluding hydrogens is 395 g/mol. The fourth-order valence-electron chi connectivity index (χ4n) is 5.97. The first kappa shape index (κ1) is 22.4. The van der Waals surface area contributed by atoms with Gasteiger partial charge in [0, 0.05) is 6.04 Å². The molecule has 2 aliphatic carbocycles. The fourth-order valence-corrected chi connectivity index (χ4v) is 5.97. The average molecular weight is 430 g/mol. The van der Waals surface area contributed by atoms with E-state index in [1.165, 1.54) is 56.9 Å².